The first-order valence-corrected chi connectivity index (χ1v) is 7.02. The number of hydrogen-bond donors (Lipinski definition) is 1. The molecule has 1 N–H and O–H groups in total. The normalized spacial score (nSPS) is 12.5. The first kappa shape index (κ1) is 14.5. The molecule has 0 fully saturated rings. The van der Waals surface area contributed by atoms with Crippen LogP contribution in [0.25, 0.3) is 0 Å². The lowest BCUT2D eigenvalue weighted by Gasteiger charge is -2.13. The quantitative estimate of drug-likeness (QED) is 0.846. The highest BCUT2D eigenvalue weighted by atomic mass is 79.9. The number of benzene rings is 2. The van der Waals surface area contributed by atoms with E-state index >= 15 is 0 Å². The van der Waals surface area contributed by atoms with E-state index in [0.29, 0.717) is 5.56 Å². The van der Waals surface area contributed by atoms with Crippen LogP contribution < -0.4 is 0 Å². The van der Waals surface area contributed by atoms with Crippen molar-refractivity contribution in [1.29, 1.82) is 0 Å². The van der Waals surface area contributed by atoms with Crippen LogP contribution in [0, 0.1) is 12.7 Å². The summed E-state index contributed by atoms with van der Waals surface area (Å²) in [6.45, 7) is 1.95. The molecule has 0 aliphatic rings. The first-order chi connectivity index (χ1) is 8.97. The van der Waals surface area contributed by atoms with Gasteiger partial charge in [-0.15, -0.1) is 0 Å². The molecule has 0 spiro atoms. The molecular formula is C15H13BrClFO. The zero-order chi connectivity index (χ0) is 14.0. The predicted octanol–water partition coefficient (Wildman–Crippen LogP) is 4.83. The molecule has 0 aliphatic carbocycles. The van der Waals surface area contributed by atoms with Crippen molar-refractivity contribution < 1.29 is 9.50 Å². The van der Waals surface area contributed by atoms with Crippen LogP contribution in [0.5, 0.6) is 0 Å². The Labute approximate surface area is 125 Å². The van der Waals surface area contributed by atoms with Crippen LogP contribution in [0.3, 0.4) is 0 Å². The van der Waals surface area contributed by atoms with Gasteiger partial charge in [-0.3, -0.25) is 0 Å². The minimum absolute atomic E-state index is 0.0788. The van der Waals surface area contributed by atoms with Crippen LogP contribution in [-0.4, -0.2) is 5.11 Å². The topological polar surface area (TPSA) is 20.2 Å². The average molecular weight is 344 g/mol. The second-order valence-corrected chi connectivity index (χ2v) is 5.82. The SMILES string of the molecule is Cc1cc(Br)cc(C(O)Cc2cccc(Cl)c2F)c1. The third kappa shape index (κ3) is 3.56. The van der Waals surface area contributed by atoms with Crippen molar-refractivity contribution in [2.75, 3.05) is 0 Å². The standard InChI is InChI=1S/C15H13BrClFO/c1-9-5-11(7-12(16)6-9)14(19)8-10-3-2-4-13(17)15(10)18/h2-7,14,19H,8H2,1H3. The summed E-state index contributed by atoms with van der Waals surface area (Å²) in [5.74, 6) is -0.463. The van der Waals surface area contributed by atoms with Crippen LogP contribution in [0.1, 0.15) is 22.8 Å². The molecule has 2 rings (SSSR count). The van der Waals surface area contributed by atoms with Gasteiger partial charge in [-0.2, -0.15) is 0 Å². The van der Waals surface area contributed by atoms with Crippen molar-refractivity contribution in [2.45, 2.75) is 19.4 Å². The Morgan fingerprint density at radius 1 is 1.32 bits per heavy atom. The molecule has 0 amide bonds. The third-order valence-corrected chi connectivity index (χ3v) is 3.64. The highest BCUT2D eigenvalue weighted by Crippen LogP contribution is 2.26. The Balaban J connectivity index is 2.25. The van der Waals surface area contributed by atoms with E-state index in [9.17, 15) is 9.50 Å². The number of halogens is 3. The predicted molar refractivity (Wildman–Crippen MR) is 79.0 cm³/mol. The minimum Gasteiger partial charge on any atom is -0.388 e. The van der Waals surface area contributed by atoms with Gasteiger partial charge >= 0.3 is 0 Å². The molecular weight excluding hydrogens is 331 g/mol. The van der Waals surface area contributed by atoms with Crippen LogP contribution in [0.4, 0.5) is 4.39 Å². The van der Waals surface area contributed by atoms with E-state index in [1.165, 1.54) is 6.07 Å². The fourth-order valence-electron chi connectivity index (χ4n) is 1.99. The number of rotatable bonds is 3. The monoisotopic (exact) mass is 342 g/mol. The van der Waals surface area contributed by atoms with E-state index in [1.807, 2.05) is 25.1 Å². The van der Waals surface area contributed by atoms with Gasteiger partial charge in [-0.05, 0) is 41.8 Å². The van der Waals surface area contributed by atoms with E-state index in [2.05, 4.69) is 15.9 Å². The van der Waals surface area contributed by atoms with E-state index in [4.69, 9.17) is 11.6 Å². The van der Waals surface area contributed by atoms with E-state index < -0.39 is 11.9 Å². The van der Waals surface area contributed by atoms with Gasteiger partial charge in [0.25, 0.3) is 0 Å². The summed E-state index contributed by atoms with van der Waals surface area (Å²) in [4.78, 5) is 0. The molecule has 1 unspecified atom stereocenters. The van der Waals surface area contributed by atoms with Crippen LogP contribution >= 0.6 is 27.5 Å². The van der Waals surface area contributed by atoms with Gasteiger partial charge in [-0.25, -0.2) is 4.39 Å². The molecule has 0 aromatic heterocycles. The van der Waals surface area contributed by atoms with Crippen molar-refractivity contribution in [2.24, 2.45) is 0 Å². The van der Waals surface area contributed by atoms with Crippen molar-refractivity contribution in [3.05, 3.63) is 68.4 Å². The molecule has 1 atom stereocenters. The van der Waals surface area contributed by atoms with Gasteiger partial charge in [0.1, 0.15) is 5.82 Å². The van der Waals surface area contributed by atoms with Crippen molar-refractivity contribution in [3.63, 3.8) is 0 Å². The van der Waals surface area contributed by atoms with Crippen molar-refractivity contribution >= 4 is 27.5 Å². The second kappa shape index (κ2) is 6.04. The maximum atomic E-state index is 13.8. The number of aliphatic hydroxyl groups excluding tert-OH is 1. The van der Waals surface area contributed by atoms with Crippen LogP contribution in [0.15, 0.2) is 40.9 Å². The van der Waals surface area contributed by atoms with Gasteiger partial charge in [0, 0.05) is 10.9 Å². The fraction of sp³-hybridized carbons (Fsp3) is 0.200. The largest absolute Gasteiger partial charge is 0.388 e. The van der Waals surface area contributed by atoms with Gasteiger partial charge in [-0.1, -0.05) is 45.7 Å². The highest BCUT2D eigenvalue weighted by Gasteiger charge is 2.14. The summed E-state index contributed by atoms with van der Waals surface area (Å²) in [6, 6.07) is 10.5. The summed E-state index contributed by atoms with van der Waals surface area (Å²) in [5.41, 5.74) is 2.21. The van der Waals surface area contributed by atoms with Gasteiger partial charge in [0.2, 0.25) is 0 Å². The van der Waals surface area contributed by atoms with Gasteiger partial charge in [0.05, 0.1) is 11.1 Å². The molecule has 19 heavy (non-hydrogen) atoms. The molecule has 0 heterocycles. The molecule has 2 aromatic rings. The van der Waals surface area contributed by atoms with Gasteiger partial charge in [0.15, 0.2) is 0 Å². The first-order valence-electron chi connectivity index (χ1n) is 5.85. The lowest BCUT2D eigenvalue weighted by Crippen LogP contribution is -2.04. The van der Waals surface area contributed by atoms with E-state index in [-0.39, 0.29) is 11.4 Å². The third-order valence-electron chi connectivity index (χ3n) is 2.89. The molecule has 4 heteroatoms. The minimum atomic E-state index is -0.760. The maximum absolute atomic E-state index is 13.8. The van der Waals surface area contributed by atoms with Gasteiger partial charge < -0.3 is 5.11 Å². The molecule has 0 saturated heterocycles. The average Bonchev–Trinajstić information content (AvgIpc) is 2.33. The highest BCUT2D eigenvalue weighted by molar-refractivity contribution is 9.10. The summed E-state index contributed by atoms with van der Waals surface area (Å²) in [5, 5.41) is 10.3. The number of aliphatic hydroxyl groups is 1. The molecule has 0 aliphatic heterocycles. The Kier molecular flexibility index (Phi) is 4.61. The van der Waals surface area contributed by atoms with E-state index in [0.717, 1.165) is 15.6 Å². The Bertz CT molecular complexity index is 580. The Morgan fingerprint density at radius 2 is 2.05 bits per heavy atom. The van der Waals surface area contributed by atoms with Crippen molar-refractivity contribution in [3.8, 4) is 0 Å². The Hall–Kier alpha value is -0.900. The molecule has 1 nitrogen and oxygen atoms in total. The van der Waals surface area contributed by atoms with Crippen LogP contribution in [-0.2, 0) is 6.42 Å². The molecule has 0 bridgehead atoms. The van der Waals surface area contributed by atoms with Crippen LogP contribution in [0.2, 0.25) is 5.02 Å². The Morgan fingerprint density at radius 3 is 2.74 bits per heavy atom. The molecule has 0 radical (unpaired) electrons. The number of hydrogen-bond acceptors (Lipinski definition) is 1. The van der Waals surface area contributed by atoms with E-state index in [1.54, 1.807) is 12.1 Å². The summed E-state index contributed by atoms with van der Waals surface area (Å²) >= 11 is 9.12. The maximum Gasteiger partial charge on any atom is 0.145 e. The summed E-state index contributed by atoms with van der Waals surface area (Å²) in [6.07, 6.45) is -0.563. The summed E-state index contributed by atoms with van der Waals surface area (Å²) < 4.78 is 14.7. The van der Waals surface area contributed by atoms with Crippen molar-refractivity contribution in [1.82, 2.24) is 0 Å². The molecule has 0 saturated carbocycles. The lowest BCUT2D eigenvalue weighted by atomic mass is 10.00. The lowest BCUT2D eigenvalue weighted by molar-refractivity contribution is 0.177. The zero-order valence-corrected chi connectivity index (χ0v) is 12.7. The molecule has 2 aromatic carbocycles. The smallest absolute Gasteiger partial charge is 0.145 e. The fourth-order valence-corrected chi connectivity index (χ4v) is 2.81. The zero-order valence-electron chi connectivity index (χ0n) is 10.3. The molecule has 100 valence electrons. The summed E-state index contributed by atoms with van der Waals surface area (Å²) in [7, 11) is 0. The second-order valence-electron chi connectivity index (χ2n) is 4.49. The number of aryl methyl sites for hydroxylation is 1.